The van der Waals surface area contributed by atoms with Crippen LogP contribution in [0.25, 0.3) is 0 Å². The van der Waals surface area contributed by atoms with Crippen LogP contribution in [0.4, 0.5) is 15.8 Å². The molecular formula is C25H31FN2OS. The van der Waals surface area contributed by atoms with E-state index < -0.39 is 0 Å². The minimum atomic E-state index is -0.255. The van der Waals surface area contributed by atoms with Gasteiger partial charge in [0.1, 0.15) is 5.82 Å². The fourth-order valence-electron chi connectivity index (χ4n) is 3.17. The molecule has 0 aliphatic heterocycles. The lowest BCUT2D eigenvalue weighted by Gasteiger charge is -2.26. The van der Waals surface area contributed by atoms with Crippen LogP contribution in [0.15, 0.2) is 41.3 Å². The summed E-state index contributed by atoms with van der Waals surface area (Å²) in [6.45, 7) is 11.3. The van der Waals surface area contributed by atoms with Crippen molar-refractivity contribution in [2.45, 2.75) is 52.5 Å². The fraction of sp³-hybridized carbons (Fsp3) is 0.400. The normalized spacial score (nSPS) is 11.1. The molecule has 1 N–H and O–H groups in total. The molecular weight excluding hydrogens is 395 g/mol. The van der Waals surface area contributed by atoms with Gasteiger partial charge >= 0.3 is 0 Å². The zero-order chi connectivity index (χ0) is 22.3. The number of aryl methyl sites for hydroxylation is 1. The van der Waals surface area contributed by atoms with E-state index in [-0.39, 0.29) is 17.1 Å². The van der Waals surface area contributed by atoms with Gasteiger partial charge in [0.15, 0.2) is 0 Å². The summed E-state index contributed by atoms with van der Waals surface area (Å²) in [5.41, 5.74) is 3.75. The number of carbonyl (C=O) groups excluding carboxylic acids is 1. The Labute approximate surface area is 184 Å². The van der Waals surface area contributed by atoms with E-state index in [1.807, 2.05) is 13.0 Å². The summed E-state index contributed by atoms with van der Waals surface area (Å²) < 4.78 is 13.3. The molecule has 2 aromatic rings. The number of nitrogens with one attached hydrogen (secondary N) is 1. The predicted octanol–water partition coefficient (Wildman–Crippen LogP) is 6.26. The molecule has 0 aliphatic rings. The zero-order valence-electron chi connectivity index (χ0n) is 18.5. The van der Waals surface area contributed by atoms with Crippen LogP contribution in [-0.2, 0) is 11.3 Å². The van der Waals surface area contributed by atoms with Gasteiger partial charge in [0.25, 0.3) is 0 Å². The van der Waals surface area contributed by atoms with Crippen molar-refractivity contribution >= 4 is 29.0 Å². The standard InChI is InChI=1S/C25H31FN2OS/c1-7-13-28(17-19-9-11-20(26)12-10-19)21-14-18(3)24(22(15-21)30-8-2)27-23(29)16-25(4,5)6/h1,9-12,14-15H,8,13,16-17H2,2-6H3,(H,27,29). The van der Waals surface area contributed by atoms with Crippen LogP contribution in [0.5, 0.6) is 0 Å². The smallest absolute Gasteiger partial charge is 0.224 e. The third-order valence-electron chi connectivity index (χ3n) is 4.47. The molecule has 0 aliphatic carbocycles. The molecule has 0 atom stereocenters. The van der Waals surface area contributed by atoms with Crippen molar-refractivity contribution in [1.29, 1.82) is 0 Å². The summed E-state index contributed by atoms with van der Waals surface area (Å²) in [5.74, 6) is 3.37. The highest BCUT2D eigenvalue weighted by molar-refractivity contribution is 7.99. The zero-order valence-corrected chi connectivity index (χ0v) is 19.3. The summed E-state index contributed by atoms with van der Waals surface area (Å²) in [6, 6.07) is 10.6. The maximum Gasteiger partial charge on any atom is 0.224 e. The minimum Gasteiger partial charge on any atom is -0.356 e. The molecule has 1 amide bonds. The van der Waals surface area contributed by atoms with Gasteiger partial charge in [-0.15, -0.1) is 18.2 Å². The number of benzene rings is 2. The van der Waals surface area contributed by atoms with E-state index in [4.69, 9.17) is 6.42 Å². The van der Waals surface area contributed by atoms with Gasteiger partial charge in [0.05, 0.1) is 12.2 Å². The van der Waals surface area contributed by atoms with Crippen LogP contribution in [-0.4, -0.2) is 18.2 Å². The van der Waals surface area contributed by atoms with E-state index >= 15 is 0 Å². The van der Waals surface area contributed by atoms with Gasteiger partial charge in [-0.2, -0.15) is 0 Å². The number of thioether (sulfide) groups is 1. The molecule has 5 heteroatoms. The molecule has 0 heterocycles. The maximum absolute atomic E-state index is 13.3. The van der Waals surface area contributed by atoms with Crippen molar-refractivity contribution in [1.82, 2.24) is 0 Å². The first-order valence-corrected chi connectivity index (χ1v) is 11.1. The number of hydrogen-bond donors (Lipinski definition) is 1. The second-order valence-electron chi connectivity index (χ2n) is 8.54. The molecule has 0 bridgehead atoms. The molecule has 0 saturated carbocycles. The predicted molar refractivity (Wildman–Crippen MR) is 127 cm³/mol. The summed E-state index contributed by atoms with van der Waals surface area (Å²) in [6.07, 6.45) is 6.08. The minimum absolute atomic E-state index is 0.0168. The van der Waals surface area contributed by atoms with E-state index in [9.17, 15) is 9.18 Å². The SMILES string of the molecule is C#CCN(Cc1ccc(F)cc1)c1cc(C)c(NC(=O)CC(C)(C)C)c(SCC)c1. The van der Waals surface area contributed by atoms with Crippen molar-refractivity contribution in [2.24, 2.45) is 5.41 Å². The highest BCUT2D eigenvalue weighted by Crippen LogP contribution is 2.36. The molecule has 2 aromatic carbocycles. The molecule has 0 aromatic heterocycles. The van der Waals surface area contributed by atoms with Crippen LogP contribution in [0, 0.1) is 30.5 Å². The van der Waals surface area contributed by atoms with E-state index in [2.05, 4.69) is 49.9 Å². The summed E-state index contributed by atoms with van der Waals surface area (Å²) in [5, 5.41) is 3.11. The summed E-state index contributed by atoms with van der Waals surface area (Å²) >= 11 is 1.69. The average molecular weight is 427 g/mol. The Balaban J connectivity index is 2.35. The molecule has 30 heavy (non-hydrogen) atoms. The van der Waals surface area contributed by atoms with Gasteiger partial charge in [-0.3, -0.25) is 4.79 Å². The molecule has 0 fully saturated rings. The lowest BCUT2D eigenvalue weighted by atomic mass is 9.92. The molecule has 160 valence electrons. The average Bonchev–Trinajstić information content (AvgIpc) is 2.64. The van der Waals surface area contributed by atoms with E-state index in [0.717, 1.165) is 33.2 Å². The van der Waals surface area contributed by atoms with Gasteiger partial charge in [-0.1, -0.05) is 45.7 Å². The summed E-state index contributed by atoms with van der Waals surface area (Å²) in [4.78, 5) is 15.6. The molecule has 3 nitrogen and oxygen atoms in total. The number of nitrogens with zero attached hydrogens (tertiary/aromatic N) is 1. The summed E-state index contributed by atoms with van der Waals surface area (Å²) in [7, 11) is 0. The Bertz CT molecular complexity index is 910. The number of hydrogen-bond acceptors (Lipinski definition) is 3. The number of amides is 1. The highest BCUT2D eigenvalue weighted by Gasteiger charge is 2.19. The Kier molecular flexibility index (Phi) is 8.37. The second kappa shape index (κ2) is 10.5. The number of terminal acetylenes is 1. The van der Waals surface area contributed by atoms with Gasteiger partial charge in [0, 0.05) is 23.5 Å². The monoisotopic (exact) mass is 426 g/mol. The fourth-order valence-corrected chi connectivity index (χ4v) is 4.04. The Morgan fingerprint density at radius 3 is 2.47 bits per heavy atom. The van der Waals surface area contributed by atoms with Gasteiger partial charge in [-0.05, 0) is 53.5 Å². The molecule has 0 saturated heterocycles. The van der Waals surface area contributed by atoms with Crippen LogP contribution < -0.4 is 10.2 Å². The quantitative estimate of drug-likeness (QED) is 0.399. The molecule has 0 spiro atoms. The molecule has 2 rings (SSSR count). The van der Waals surface area contributed by atoms with E-state index in [1.54, 1.807) is 23.9 Å². The van der Waals surface area contributed by atoms with Crippen LogP contribution >= 0.6 is 11.8 Å². The lowest BCUT2D eigenvalue weighted by molar-refractivity contribution is -0.117. The van der Waals surface area contributed by atoms with Crippen molar-refractivity contribution in [3.05, 3.63) is 53.3 Å². The van der Waals surface area contributed by atoms with Gasteiger partial charge in [-0.25, -0.2) is 4.39 Å². The second-order valence-corrected chi connectivity index (χ2v) is 9.85. The Morgan fingerprint density at radius 1 is 1.23 bits per heavy atom. The highest BCUT2D eigenvalue weighted by atomic mass is 32.2. The third-order valence-corrected chi connectivity index (χ3v) is 5.39. The van der Waals surface area contributed by atoms with Crippen LogP contribution in [0.2, 0.25) is 0 Å². The first kappa shape index (κ1) is 23.8. The first-order valence-electron chi connectivity index (χ1n) is 10.1. The van der Waals surface area contributed by atoms with Crippen molar-refractivity contribution in [3.63, 3.8) is 0 Å². The molecule has 0 radical (unpaired) electrons. The first-order chi connectivity index (χ1) is 14.1. The number of rotatable bonds is 8. The van der Waals surface area contributed by atoms with Crippen molar-refractivity contribution in [3.8, 4) is 12.3 Å². The van der Waals surface area contributed by atoms with E-state index in [1.165, 1.54) is 12.1 Å². The van der Waals surface area contributed by atoms with Gasteiger partial charge in [0.2, 0.25) is 5.91 Å². The topological polar surface area (TPSA) is 32.3 Å². The lowest BCUT2D eigenvalue weighted by Crippen LogP contribution is -2.24. The number of anilines is 2. The van der Waals surface area contributed by atoms with Crippen LogP contribution in [0.1, 0.15) is 45.2 Å². The third kappa shape index (κ3) is 7.11. The van der Waals surface area contributed by atoms with E-state index in [0.29, 0.717) is 19.5 Å². The number of halogens is 1. The number of carbonyl (C=O) groups is 1. The van der Waals surface area contributed by atoms with Crippen molar-refractivity contribution in [2.75, 3.05) is 22.5 Å². The largest absolute Gasteiger partial charge is 0.356 e. The maximum atomic E-state index is 13.3. The Morgan fingerprint density at radius 2 is 1.90 bits per heavy atom. The van der Waals surface area contributed by atoms with Crippen molar-refractivity contribution < 1.29 is 9.18 Å². The van der Waals surface area contributed by atoms with Crippen LogP contribution in [0.3, 0.4) is 0 Å². The van der Waals surface area contributed by atoms with Gasteiger partial charge < -0.3 is 10.2 Å². The Hall–Kier alpha value is -2.45. The molecule has 0 unspecified atom stereocenters.